The van der Waals surface area contributed by atoms with Crippen molar-refractivity contribution in [1.29, 1.82) is 0 Å². The average molecular weight is 319 g/mol. The smallest absolute Gasteiger partial charge is 0.303 e. The van der Waals surface area contributed by atoms with Gasteiger partial charge in [0.1, 0.15) is 0 Å². The van der Waals surface area contributed by atoms with Gasteiger partial charge in [0.05, 0.1) is 5.69 Å². The molecule has 1 saturated heterocycles. The van der Waals surface area contributed by atoms with Crippen LogP contribution in [0.2, 0.25) is 0 Å². The Morgan fingerprint density at radius 3 is 2.43 bits per heavy atom. The molecule has 0 spiro atoms. The number of rotatable bonds is 4. The molecule has 0 amide bonds. The summed E-state index contributed by atoms with van der Waals surface area (Å²) in [5.41, 5.74) is 0.127. The van der Waals surface area contributed by atoms with E-state index in [1.165, 1.54) is 18.3 Å². The molecule has 2 heterocycles. The lowest BCUT2D eigenvalue weighted by Gasteiger charge is -2.30. The van der Waals surface area contributed by atoms with E-state index in [1.54, 1.807) is 0 Å². The van der Waals surface area contributed by atoms with Gasteiger partial charge in [-0.25, -0.2) is 13.1 Å². The summed E-state index contributed by atoms with van der Waals surface area (Å²) >= 11 is 0. The first-order chi connectivity index (χ1) is 9.73. The molecule has 118 valence electrons. The molecule has 9 heteroatoms. The summed E-state index contributed by atoms with van der Waals surface area (Å²) in [6.45, 7) is 1.86. The highest BCUT2D eigenvalue weighted by molar-refractivity contribution is 7.89. The third-order valence-corrected chi connectivity index (χ3v) is 5.76. The van der Waals surface area contributed by atoms with E-state index in [-0.39, 0.29) is 36.0 Å². The van der Waals surface area contributed by atoms with Crippen LogP contribution in [0.4, 0.5) is 4.39 Å². The van der Waals surface area contributed by atoms with Crippen molar-refractivity contribution in [3.63, 3.8) is 0 Å². The summed E-state index contributed by atoms with van der Waals surface area (Å²) in [7, 11) is -2.58. The van der Waals surface area contributed by atoms with E-state index in [0.29, 0.717) is 12.8 Å². The summed E-state index contributed by atoms with van der Waals surface area (Å²) < 4.78 is 41.0. The van der Waals surface area contributed by atoms with Crippen LogP contribution in [0.5, 0.6) is 0 Å². The van der Waals surface area contributed by atoms with Gasteiger partial charge in [-0.05, 0) is 25.7 Å². The van der Waals surface area contributed by atoms with E-state index in [0.717, 1.165) is 4.68 Å². The van der Waals surface area contributed by atoms with Gasteiger partial charge in [-0.15, -0.1) is 0 Å². The number of carboxylic acid groups (broad SMARTS) is 1. The lowest BCUT2D eigenvalue weighted by molar-refractivity contribution is -0.138. The van der Waals surface area contributed by atoms with Crippen molar-refractivity contribution in [2.75, 3.05) is 13.1 Å². The second-order valence-electron chi connectivity index (χ2n) is 5.27. The molecule has 0 radical (unpaired) electrons. The van der Waals surface area contributed by atoms with E-state index in [9.17, 15) is 17.6 Å². The number of hydrogen-bond donors (Lipinski definition) is 1. The maximum Gasteiger partial charge on any atom is 0.303 e. The number of halogens is 1. The minimum atomic E-state index is -3.93. The molecule has 0 aliphatic carbocycles. The molecule has 0 saturated carbocycles. The number of sulfonamides is 1. The Bertz CT molecular complexity index is 648. The quantitative estimate of drug-likeness (QED) is 0.884. The predicted molar refractivity (Wildman–Crippen MR) is 71.6 cm³/mol. The predicted octanol–water partition coefficient (Wildman–Crippen LogP) is 0.743. The van der Waals surface area contributed by atoms with Crippen LogP contribution in [0.3, 0.4) is 0 Å². The van der Waals surface area contributed by atoms with Crippen molar-refractivity contribution >= 4 is 16.0 Å². The molecule has 1 aromatic rings. The summed E-state index contributed by atoms with van der Waals surface area (Å²) in [6, 6.07) is 0. The number of aryl methyl sites for hydroxylation is 2. The van der Waals surface area contributed by atoms with E-state index in [1.807, 2.05) is 0 Å². The molecule has 0 unspecified atom stereocenters. The standard InChI is InChI=1S/C12H18FN3O4S/c1-8-11(12(13)15(2)14-8)21(19,20)16-5-3-9(4-6-16)7-10(17)18/h9H,3-7H2,1-2H3,(H,17,18). The molecule has 2 rings (SSSR count). The van der Waals surface area contributed by atoms with Gasteiger partial charge in [-0.2, -0.15) is 13.8 Å². The Morgan fingerprint density at radius 2 is 2.00 bits per heavy atom. The molecule has 0 aromatic carbocycles. The molecule has 1 aromatic heterocycles. The highest BCUT2D eigenvalue weighted by Crippen LogP contribution is 2.28. The second-order valence-corrected chi connectivity index (χ2v) is 7.15. The van der Waals surface area contributed by atoms with Crippen LogP contribution >= 0.6 is 0 Å². The molecule has 1 aliphatic rings. The monoisotopic (exact) mass is 319 g/mol. The molecule has 0 bridgehead atoms. The Kier molecular flexibility index (Phi) is 4.33. The maximum absolute atomic E-state index is 13.9. The number of hydrogen-bond acceptors (Lipinski definition) is 4. The highest BCUT2D eigenvalue weighted by atomic mass is 32.2. The van der Waals surface area contributed by atoms with Crippen LogP contribution in [0.25, 0.3) is 0 Å². The van der Waals surface area contributed by atoms with Crippen molar-refractivity contribution in [2.45, 2.75) is 31.1 Å². The SMILES string of the molecule is Cc1nn(C)c(F)c1S(=O)(=O)N1CCC(CC(=O)O)CC1. The van der Waals surface area contributed by atoms with Crippen LogP contribution in [0.15, 0.2) is 4.90 Å². The third-order valence-electron chi connectivity index (χ3n) is 3.73. The first kappa shape index (κ1) is 15.9. The zero-order valence-electron chi connectivity index (χ0n) is 11.9. The molecule has 1 aliphatic heterocycles. The van der Waals surface area contributed by atoms with Gasteiger partial charge in [0.25, 0.3) is 0 Å². The van der Waals surface area contributed by atoms with Crippen molar-refractivity contribution in [3.8, 4) is 0 Å². The van der Waals surface area contributed by atoms with Crippen LogP contribution in [-0.2, 0) is 21.9 Å². The van der Waals surface area contributed by atoms with Crippen LogP contribution in [-0.4, -0.2) is 46.7 Å². The highest BCUT2D eigenvalue weighted by Gasteiger charge is 2.35. The zero-order valence-corrected chi connectivity index (χ0v) is 12.7. The fourth-order valence-electron chi connectivity index (χ4n) is 2.63. The largest absolute Gasteiger partial charge is 0.481 e. The number of aromatic nitrogens is 2. The number of piperidine rings is 1. The topological polar surface area (TPSA) is 92.5 Å². The normalized spacial score (nSPS) is 18.0. The minimum Gasteiger partial charge on any atom is -0.481 e. The fourth-order valence-corrected chi connectivity index (χ4v) is 4.34. The zero-order chi connectivity index (χ0) is 15.8. The maximum atomic E-state index is 13.9. The minimum absolute atomic E-state index is 0.0335. The molecule has 21 heavy (non-hydrogen) atoms. The van der Waals surface area contributed by atoms with E-state index in [2.05, 4.69) is 5.10 Å². The molecular formula is C12H18FN3O4S. The number of carboxylic acids is 1. The van der Waals surface area contributed by atoms with Gasteiger partial charge in [0.15, 0.2) is 4.90 Å². The van der Waals surface area contributed by atoms with Crippen molar-refractivity contribution in [1.82, 2.24) is 14.1 Å². The van der Waals surface area contributed by atoms with Crippen molar-refractivity contribution in [2.24, 2.45) is 13.0 Å². The van der Waals surface area contributed by atoms with E-state index < -0.39 is 21.9 Å². The Hall–Kier alpha value is -1.48. The molecule has 1 fully saturated rings. The third kappa shape index (κ3) is 3.08. The second kappa shape index (κ2) is 5.72. The Labute approximate surface area is 122 Å². The van der Waals surface area contributed by atoms with Crippen molar-refractivity contribution in [3.05, 3.63) is 11.6 Å². The van der Waals surface area contributed by atoms with E-state index in [4.69, 9.17) is 5.11 Å². The van der Waals surface area contributed by atoms with Gasteiger partial charge >= 0.3 is 5.97 Å². The molecule has 1 N–H and O–H groups in total. The van der Waals surface area contributed by atoms with Gasteiger partial charge in [-0.1, -0.05) is 0 Å². The Balaban J connectivity index is 2.17. The summed E-state index contributed by atoms with van der Waals surface area (Å²) in [5, 5.41) is 12.5. The summed E-state index contributed by atoms with van der Waals surface area (Å²) in [6.07, 6.45) is 0.965. The lowest BCUT2D eigenvalue weighted by atomic mass is 9.95. The van der Waals surface area contributed by atoms with Crippen molar-refractivity contribution < 1.29 is 22.7 Å². The summed E-state index contributed by atoms with van der Waals surface area (Å²) in [5.74, 6) is -1.79. The number of carbonyl (C=O) groups is 1. The van der Waals surface area contributed by atoms with Gasteiger partial charge in [0.2, 0.25) is 16.0 Å². The van der Waals surface area contributed by atoms with E-state index >= 15 is 0 Å². The first-order valence-electron chi connectivity index (χ1n) is 6.64. The summed E-state index contributed by atoms with van der Waals surface area (Å²) in [4.78, 5) is 10.3. The van der Waals surface area contributed by atoms with Gasteiger partial charge < -0.3 is 5.11 Å². The number of nitrogens with zero attached hydrogens (tertiary/aromatic N) is 3. The molecular weight excluding hydrogens is 301 g/mol. The average Bonchev–Trinajstić information content (AvgIpc) is 2.63. The van der Waals surface area contributed by atoms with Crippen LogP contribution in [0.1, 0.15) is 25.0 Å². The fraction of sp³-hybridized carbons (Fsp3) is 0.667. The molecule has 0 atom stereocenters. The lowest BCUT2D eigenvalue weighted by Crippen LogP contribution is -2.39. The van der Waals surface area contributed by atoms with Gasteiger partial charge in [-0.3, -0.25) is 4.79 Å². The van der Waals surface area contributed by atoms with Gasteiger partial charge in [0, 0.05) is 26.6 Å². The van der Waals surface area contributed by atoms with Crippen LogP contribution < -0.4 is 0 Å². The van der Waals surface area contributed by atoms with Crippen LogP contribution in [0, 0.1) is 18.8 Å². The Morgan fingerprint density at radius 1 is 1.43 bits per heavy atom. The number of aliphatic carboxylic acids is 1. The molecule has 7 nitrogen and oxygen atoms in total. The first-order valence-corrected chi connectivity index (χ1v) is 8.08.